The zero-order valence-corrected chi connectivity index (χ0v) is 25.2. The maximum absolute atomic E-state index is 15.0. The average Bonchev–Trinajstić information content (AvgIpc) is 3.47. The van der Waals surface area contributed by atoms with E-state index >= 15 is 0 Å². The Kier molecular flexibility index (Phi) is 7.91. The van der Waals surface area contributed by atoms with E-state index in [2.05, 4.69) is 10.3 Å². The number of carbonyl (C=O) groups is 2. The molecule has 6 rings (SSSR count). The fourth-order valence-electron chi connectivity index (χ4n) is 7.14. The largest absolute Gasteiger partial charge is 0.394 e. The van der Waals surface area contributed by atoms with Gasteiger partial charge in [-0.2, -0.15) is 0 Å². The fraction of sp³-hybridized carbons (Fsp3) is 0.500. The number of urea groups is 1. The molecule has 1 spiro atoms. The molecule has 12 heteroatoms. The van der Waals surface area contributed by atoms with Crippen LogP contribution in [0, 0.1) is 11.6 Å². The first-order chi connectivity index (χ1) is 21.1. The van der Waals surface area contributed by atoms with Crippen LogP contribution >= 0.6 is 0 Å². The minimum Gasteiger partial charge on any atom is -0.394 e. The van der Waals surface area contributed by atoms with Gasteiger partial charge in [0.1, 0.15) is 17.2 Å². The lowest BCUT2D eigenvalue weighted by atomic mass is 9.74. The Morgan fingerprint density at radius 2 is 1.93 bits per heavy atom. The molecule has 234 valence electrons. The van der Waals surface area contributed by atoms with Crippen LogP contribution in [0.1, 0.15) is 74.1 Å². The number of amides is 3. The zero-order valence-electron chi connectivity index (χ0n) is 25.2. The van der Waals surface area contributed by atoms with Gasteiger partial charge in [-0.1, -0.05) is 18.2 Å². The molecule has 0 saturated carbocycles. The number of aromatic nitrogens is 3. The number of aliphatic hydroxyl groups excluding tert-OH is 1. The number of carbonyl (C=O) groups excluding carboxylic acids is 2. The van der Waals surface area contributed by atoms with Gasteiger partial charge in [-0.25, -0.2) is 23.5 Å². The number of likely N-dealkylation sites (tertiary alicyclic amines) is 1. The van der Waals surface area contributed by atoms with E-state index in [1.54, 1.807) is 35.3 Å². The van der Waals surface area contributed by atoms with Crippen molar-refractivity contribution in [2.24, 2.45) is 0 Å². The van der Waals surface area contributed by atoms with Crippen molar-refractivity contribution in [2.45, 2.75) is 69.1 Å². The highest BCUT2D eigenvalue weighted by atomic mass is 19.2. The smallest absolute Gasteiger partial charge is 0.317 e. The number of pyridine rings is 1. The molecule has 3 aliphatic rings. The van der Waals surface area contributed by atoms with Crippen molar-refractivity contribution >= 4 is 17.8 Å². The van der Waals surface area contributed by atoms with Crippen molar-refractivity contribution in [2.75, 3.05) is 38.3 Å². The summed E-state index contributed by atoms with van der Waals surface area (Å²) in [6.45, 7) is 4.80. The number of benzene rings is 1. The Hall–Kier alpha value is -3.90. The molecule has 3 aliphatic heterocycles. The fourth-order valence-corrected chi connectivity index (χ4v) is 7.14. The van der Waals surface area contributed by atoms with E-state index in [1.165, 1.54) is 6.07 Å². The number of hydrogen-bond donors (Lipinski definition) is 2. The summed E-state index contributed by atoms with van der Waals surface area (Å²) in [5, 5.41) is 12.5. The number of nitrogens with zero attached hydrogens (tertiary/aromatic N) is 5. The van der Waals surface area contributed by atoms with Crippen LogP contribution in [-0.2, 0) is 27.1 Å². The standard InChI is InChI=1S/C32H38F2N6O4/c1-31(2,44-17-16-41)25-18-36-28-24(10-9-20(19-40(25)28)21-6-4-8-23(33)26(21)34)37-30(43)39-14-11-32(12-15-39)22-7-5-13-35-27(22)38(3)29(32)42/h4-8,13,18,20,24,41H,9-12,14-17,19H2,1-3H3,(H,37,43)/t20-,24-/m1/s1. The molecule has 3 amide bonds. The molecule has 1 aromatic carbocycles. The van der Waals surface area contributed by atoms with E-state index in [0.717, 1.165) is 11.6 Å². The van der Waals surface area contributed by atoms with Crippen molar-refractivity contribution < 1.29 is 28.2 Å². The molecule has 5 heterocycles. The molecule has 1 saturated heterocycles. The van der Waals surface area contributed by atoms with Crippen LogP contribution in [0.25, 0.3) is 0 Å². The van der Waals surface area contributed by atoms with Crippen LogP contribution < -0.4 is 10.2 Å². The molecular formula is C32H38F2N6O4. The first-order valence-corrected chi connectivity index (χ1v) is 15.1. The highest BCUT2D eigenvalue weighted by molar-refractivity contribution is 6.06. The summed E-state index contributed by atoms with van der Waals surface area (Å²) in [7, 11) is 1.74. The Bertz CT molecular complexity index is 1570. The van der Waals surface area contributed by atoms with Gasteiger partial charge >= 0.3 is 6.03 Å². The Balaban J connectivity index is 1.24. The van der Waals surface area contributed by atoms with Crippen LogP contribution in [-0.4, -0.2) is 69.8 Å². The monoisotopic (exact) mass is 608 g/mol. The first kappa shape index (κ1) is 30.1. The number of aliphatic hydroxyl groups is 1. The lowest BCUT2D eigenvalue weighted by Crippen LogP contribution is -2.52. The molecule has 1 fully saturated rings. The van der Waals surface area contributed by atoms with E-state index < -0.39 is 28.7 Å². The maximum atomic E-state index is 15.0. The van der Waals surface area contributed by atoms with E-state index in [9.17, 15) is 23.5 Å². The number of halogens is 2. The number of rotatable bonds is 6. The number of anilines is 1. The topological polar surface area (TPSA) is 113 Å². The predicted octanol–water partition coefficient (Wildman–Crippen LogP) is 4.14. The number of imidazole rings is 1. The highest BCUT2D eigenvalue weighted by Crippen LogP contribution is 2.46. The second-order valence-electron chi connectivity index (χ2n) is 12.4. The molecule has 2 aromatic heterocycles. The summed E-state index contributed by atoms with van der Waals surface area (Å²) in [5.41, 5.74) is 0.363. The molecule has 2 N–H and O–H groups in total. The lowest BCUT2D eigenvalue weighted by molar-refractivity contribution is -0.124. The summed E-state index contributed by atoms with van der Waals surface area (Å²) in [5.74, 6) is -0.859. The van der Waals surface area contributed by atoms with E-state index in [4.69, 9.17) is 9.72 Å². The SMILES string of the molecule is CN1C(=O)C2(CCN(C(=O)N[C@@H]3CC[C@@H](c4cccc(F)c4F)Cn4c(C(C)(C)OCCO)cnc43)CC2)c2cccnc21. The number of piperidine rings is 1. The van der Waals surface area contributed by atoms with Gasteiger partial charge in [0, 0.05) is 44.4 Å². The number of nitrogens with one attached hydrogen (secondary N) is 1. The predicted molar refractivity (Wildman–Crippen MR) is 158 cm³/mol. The molecule has 10 nitrogen and oxygen atoms in total. The Labute approximate surface area is 255 Å². The van der Waals surface area contributed by atoms with Crippen molar-refractivity contribution in [3.8, 4) is 0 Å². The Morgan fingerprint density at radius 1 is 1.16 bits per heavy atom. The second kappa shape index (κ2) is 11.6. The number of ether oxygens (including phenoxy) is 1. The number of likely N-dealkylation sites (N-methyl/N-ethyl adjacent to an activating group) is 1. The molecule has 0 unspecified atom stereocenters. The molecule has 2 atom stereocenters. The van der Waals surface area contributed by atoms with Crippen LogP contribution in [0.3, 0.4) is 0 Å². The maximum Gasteiger partial charge on any atom is 0.317 e. The molecule has 0 radical (unpaired) electrons. The third kappa shape index (κ3) is 5.03. The highest BCUT2D eigenvalue weighted by Gasteiger charge is 2.52. The van der Waals surface area contributed by atoms with Gasteiger partial charge in [-0.05, 0) is 57.2 Å². The summed E-state index contributed by atoms with van der Waals surface area (Å²) in [6, 6.07) is 7.24. The van der Waals surface area contributed by atoms with Crippen molar-refractivity contribution in [1.82, 2.24) is 24.8 Å². The molecule has 0 aliphatic carbocycles. The third-order valence-electron chi connectivity index (χ3n) is 9.53. The normalized spacial score (nSPS) is 21.3. The van der Waals surface area contributed by atoms with Gasteiger partial charge in [-0.3, -0.25) is 9.69 Å². The van der Waals surface area contributed by atoms with Gasteiger partial charge in [-0.15, -0.1) is 0 Å². The zero-order chi connectivity index (χ0) is 31.2. The molecule has 3 aromatic rings. The van der Waals surface area contributed by atoms with Crippen LogP contribution in [0.2, 0.25) is 0 Å². The van der Waals surface area contributed by atoms with Gasteiger partial charge in [0.25, 0.3) is 0 Å². The van der Waals surface area contributed by atoms with Gasteiger partial charge < -0.3 is 24.6 Å². The number of fused-ring (bicyclic) bond motifs is 3. The first-order valence-electron chi connectivity index (χ1n) is 15.1. The van der Waals surface area contributed by atoms with Gasteiger partial charge in [0.05, 0.1) is 36.6 Å². The van der Waals surface area contributed by atoms with E-state index in [-0.39, 0.29) is 36.6 Å². The molecule has 0 bridgehead atoms. The van der Waals surface area contributed by atoms with E-state index in [0.29, 0.717) is 62.7 Å². The van der Waals surface area contributed by atoms with E-state index in [1.807, 2.05) is 30.5 Å². The third-order valence-corrected chi connectivity index (χ3v) is 9.53. The number of hydrogen-bond acceptors (Lipinski definition) is 6. The average molecular weight is 609 g/mol. The summed E-state index contributed by atoms with van der Waals surface area (Å²) in [6.07, 6.45) is 5.29. The molecular weight excluding hydrogens is 570 g/mol. The summed E-state index contributed by atoms with van der Waals surface area (Å²) >= 11 is 0. The van der Waals surface area contributed by atoms with Crippen LogP contribution in [0.5, 0.6) is 0 Å². The lowest BCUT2D eigenvalue weighted by Gasteiger charge is -2.38. The minimum absolute atomic E-state index is 0.00578. The van der Waals surface area contributed by atoms with Gasteiger partial charge in [0.2, 0.25) is 5.91 Å². The Morgan fingerprint density at radius 3 is 2.68 bits per heavy atom. The van der Waals surface area contributed by atoms with Crippen molar-refractivity contribution in [3.05, 3.63) is 77.0 Å². The van der Waals surface area contributed by atoms with Crippen molar-refractivity contribution in [3.63, 3.8) is 0 Å². The minimum atomic E-state index is -0.900. The summed E-state index contributed by atoms with van der Waals surface area (Å²) in [4.78, 5) is 39.5. The van der Waals surface area contributed by atoms with Gasteiger partial charge in [0.15, 0.2) is 11.6 Å². The summed E-state index contributed by atoms with van der Waals surface area (Å²) < 4.78 is 37.1. The molecule has 44 heavy (non-hydrogen) atoms. The van der Waals surface area contributed by atoms with Crippen LogP contribution in [0.15, 0.2) is 42.7 Å². The second-order valence-corrected chi connectivity index (χ2v) is 12.4. The van der Waals surface area contributed by atoms with Crippen LogP contribution in [0.4, 0.5) is 19.4 Å². The van der Waals surface area contributed by atoms with Crippen molar-refractivity contribution in [1.29, 1.82) is 0 Å². The quantitative estimate of drug-likeness (QED) is 0.435.